The number of halogens is 2. The van der Waals surface area contributed by atoms with Crippen molar-refractivity contribution >= 4 is 23.1 Å². The fourth-order valence-corrected chi connectivity index (χ4v) is 5.62. The summed E-state index contributed by atoms with van der Waals surface area (Å²) in [5.41, 5.74) is 10.0. The molecule has 0 aromatic heterocycles. The first-order valence-electron chi connectivity index (χ1n) is 11.9. The van der Waals surface area contributed by atoms with Crippen LogP contribution < -0.4 is 5.32 Å². The molecule has 178 valence electrons. The molecular weight excluding hydrogens is 430 g/mol. The summed E-state index contributed by atoms with van der Waals surface area (Å²) in [5, 5.41) is 3.55. The highest BCUT2D eigenvalue weighted by Gasteiger charge is 2.28. The second-order valence-electron chi connectivity index (χ2n) is 9.21. The van der Waals surface area contributed by atoms with Crippen LogP contribution in [0.1, 0.15) is 60.9 Å². The zero-order valence-corrected chi connectivity index (χ0v) is 20.4. The summed E-state index contributed by atoms with van der Waals surface area (Å²) in [6, 6.07) is 6.63. The largest absolute Gasteiger partial charge is 0.385 e. The van der Waals surface area contributed by atoms with E-state index in [0.29, 0.717) is 23.2 Å². The molecule has 0 spiro atoms. The summed E-state index contributed by atoms with van der Waals surface area (Å²) in [6.45, 7) is 11.7. The summed E-state index contributed by atoms with van der Waals surface area (Å²) in [5.74, 6) is -1.19. The van der Waals surface area contributed by atoms with Crippen molar-refractivity contribution in [2.45, 2.75) is 53.0 Å². The normalized spacial score (nSPS) is 17.5. The van der Waals surface area contributed by atoms with Gasteiger partial charge in [-0.25, -0.2) is 8.78 Å². The lowest BCUT2D eigenvalue weighted by atomic mass is 9.84. The molecule has 2 aromatic rings. The highest BCUT2D eigenvalue weighted by Crippen LogP contribution is 2.42. The van der Waals surface area contributed by atoms with E-state index in [4.69, 9.17) is 0 Å². The Bertz CT molecular complexity index is 1240. The van der Waals surface area contributed by atoms with Gasteiger partial charge in [-0.3, -0.25) is 0 Å². The van der Waals surface area contributed by atoms with Gasteiger partial charge in [-0.05, 0) is 78.1 Å². The molecule has 4 rings (SSSR count). The van der Waals surface area contributed by atoms with Crippen molar-refractivity contribution in [3.05, 3.63) is 87.1 Å². The standard InChI is InChI=1S/C29H32F2N2O/c1-6-23(24-10-9-20-8-7-12-32-28(20)17(24)2)25(11-13-34)18(3)29-19(4)27-21(16-33(29)5)14-22(30)15-26(27)31/h9-10,13-15,32H,4,6-8,11-12,16H2,1-3,5H3/b25-23+,29-18+. The number of carbonyl (C=O) groups excluding carboxylic acids is 1. The van der Waals surface area contributed by atoms with Crippen molar-refractivity contribution in [1.82, 2.24) is 4.90 Å². The monoisotopic (exact) mass is 462 g/mol. The molecule has 2 aromatic carbocycles. The van der Waals surface area contributed by atoms with Gasteiger partial charge in [0.2, 0.25) is 0 Å². The molecular formula is C29H32F2N2O. The van der Waals surface area contributed by atoms with Gasteiger partial charge in [-0.1, -0.05) is 25.6 Å². The van der Waals surface area contributed by atoms with Crippen LogP contribution in [0.3, 0.4) is 0 Å². The molecule has 0 bridgehead atoms. The Balaban J connectivity index is 1.92. The summed E-state index contributed by atoms with van der Waals surface area (Å²) in [6.07, 6.45) is 4.12. The fraction of sp³-hybridized carbons (Fsp3) is 0.345. The molecule has 2 aliphatic heterocycles. The van der Waals surface area contributed by atoms with E-state index in [0.717, 1.165) is 66.1 Å². The number of benzene rings is 2. The minimum Gasteiger partial charge on any atom is -0.385 e. The molecule has 34 heavy (non-hydrogen) atoms. The van der Waals surface area contributed by atoms with Gasteiger partial charge in [0.1, 0.15) is 17.9 Å². The van der Waals surface area contributed by atoms with Crippen molar-refractivity contribution in [3.63, 3.8) is 0 Å². The molecule has 0 amide bonds. The number of nitrogens with one attached hydrogen (secondary N) is 1. The Kier molecular flexibility index (Phi) is 6.74. The van der Waals surface area contributed by atoms with E-state index in [-0.39, 0.29) is 6.42 Å². The number of allylic oxidation sites excluding steroid dienone is 4. The molecule has 0 aliphatic carbocycles. The number of likely N-dealkylation sites (N-methyl/N-ethyl adjacent to an activating group) is 1. The summed E-state index contributed by atoms with van der Waals surface area (Å²) < 4.78 is 28.6. The lowest BCUT2D eigenvalue weighted by Crippen LogP contribution is -2.26. The zero-order valence-electron chi connectivity index (χ0n) is 20.4. The molecule has 0 fully saturated rings. The number of nitrogens with zero attached hydrogens (tertiary/aromatic N) is 1. The van der Waals surface area contributed by atoms with Gasteiger partial charge in [0.25, 0.3) is 0 Å². The zero-order chi connectivity index (χ0) is 24.6. The number of anilines is 1. The average Bonchev–Trinajstić information content (AvgIpc) is 2.79. The molecule has 0 atom stereocenters. The number of fused-ring (bicyclic) bond motifs is 2. The van der Waals surface area contributed by atoms with Crippen molar-refractivity contribution in [2.75, 3.05) is 18.9 Å². The maximum Gasteiger partial charge on any atom is 0.134 e. The first kappa shape index (κ1) is 23.9. The van der Waals surface area contributed by atoms with Crippen LogP contribution in [0.2, 0.25) is 0 Å². The Labute approximate surface area is 200 Å². The van der Waals surface area contributed by atoms with E-state index in [2.05, 4.69) is 37.9 Å². The van der Waals surface area contributed by atoms with E-state index < -0.39 is 11.6 Å². The molecule has 1 N–H and O–H groups in total. The highest BCUT2D eigenvalue weighted by atomic mass is 19.1. The van der Waals surface area contributed by atoms with Gasteiger partial charge < -0.3 is 15.0 Å². The van der Waals surface area contributed by atoms with Crippen LogP contribution in [0.4, 0.5) is 14.5 Å². The molecule has 0 saturated heterocycles. The maximum atomic E-state index is 14.8. The van der Waals surface area contributed by atoms with E-state index in [1.807, 2.05) is 18.9 Å². The number of hydrogen-bond acceptors (Lipinski definition) is 3. The Morgan fingerprint density at radius 2 is 2.00 bits per heavy atom. The number of aryl methyl sites for hydroxylation is 1. The molecule has 3 nitrogen and oxygen atoms in total. The van der Waals surface area contributed by atoms with Gasteiger partial charge in [-0.2, -0.15) is 0 Å². The molecule has 0 unspecified atom stereocenters. The van der Waals surface area contributed by atoms with Crippen molar-refractivity contribution in [1.29, 1.82) is 0 Å². The van der Waals surface area contributed by atoms with Crippen molar-refractivity contribution < 1.29 is 13.6 Å². The van der Waals surface area contributed by atoms with E-state index in [1.165, 1.54) is 22.9 Å². The van der Waals surface area contributed by atoms with Gasteiger partial charge in [0.05, 0.1) is 0 Å². The van der Waals surface area contributed by atoms with Gasteiger partial charge in [-0.15, -0.1) is 0 Å². The Morgan fingerprint density at radius 3 is 2.71 bits per heavy atom. The molecule has 2 heterocycles. The predicted octanol–water partition coefficient (Wildman–Crippen LogP) is 6.82. The summed E-state index contributed by atoms with van der Waals surface area (Å²) in [7, 11) is 1.90. The van der Waals surface area contributed by atoms with E-state index in [1.54, 1.807) is 0 Å². The van der Waals surface area contributed by atoms with Gasteiger partial charge in [0.15, 0.2) is 0 Å². The number of hydrogen-bond donors (Lipinski definition) is 1. The third kappa shape index (κ3) is 4.08. The van der Waals surface area contributed by atoms with Crippen LogP contribution in [0.5, 0.6) is 0 Å². The fourth-order valence-electron chi connectivity index (χ4n) is 5.62. The predicted molar refractivity (Wildman–Crippen MR) is 135 cm³/mol. The van der Waals surface area contributed by atoms with Crippen LogP contribution >= 0.6 is 0 Å². The lowest BCUT2D eigenvalue weighted by Gasteiger charge is -2.34. The second-order valence-corrected chi connectivity index (χ2v) is 9.21. The second kappa shape index (κ2) is 9.57. The van der Waals surface area contributed by atoms with Crippen LogP contribution in [0.25, 0.3) is 11.1 Å². The van der Waals surface area contributed by atoms with E-state index in [9.17, 15) is 13.6 Å². The third-order valence-corrected chi connectivity index (χ3v) is 7.13. The Hall–Kier alpha value is -3.21. The van der Waals surface area contributed by atoms with Gasteiger partial charge in [0, 0.05) is 55.1 Å². The van der Waals surface area contributed by atoms with Crippen LogP contribution in [0.15, 0.2) is 47.7 Å². The maximum absolute atomic E-state index is 14.8. The van der Waals surface area contributed by atoms with Gasteiger partial charge >= 0.3 is 0 Å². The Morgan fingerprint density at radius 1 is 1.24 bits per heavy atom. The molecule has 0 saturated carbocycles. The van der Waals surface area contributed by atoms with Crippen molar-refractivity contribution in [3.8, 4) is 0 Å². The summed E-state index contributed by atoms with van der Waals surface area (Å²) in [4.78, 5) is 13.8. The number of aldehydes is 1. The minimum absolute atomic E-state index is 0.252. The van der Waals surface area contributed by atoms with Crippen LogP contribution in [-0.2, 0) is 17.8 Å². The third-order valence-electron chi connectivity index (χ3n) is 7.13. The SMILES string of the molecule is C=C1/C(=C(C)\C(CC=O)=C(/CC)c2ccc3c(c2C)NCCC3)N(C)Cc2cc(F)cc(F)c21. The number of rotatable bonds is 5. The number of carbonyl (C=O) groups is 1. The van der Waals surface area contributed by atoms with Crippen molar-refractivity contribution in [2.24, 2.45) is 0 Å². The smallest absolute Gasteiger partial charge is 0.134 e. The molecule has 2 aliphatic rings. The minimum atomic E-state index is -0.605. The van der Waals surface area contributed by atoms with Crippen LogP contribution in [-0.4, -0.2) is 24.8 Å². The summed E-state index contributed by atoms with van der Waals surface area (Å²) >= 11 is 0. The molecule has 5 heteroatoms. The molecule has 0 radical (unpaired) electrons. The topological polar surface area (TPSA) is 32.3 Å². The average molecular weight is 463 g/mol. The first-order valence-corrected chi connectivity index (χ1v) is 11.9. The van der Waals surface area contributed by atoms with E-state index >= 15 is 0 Å². The lowest BCUT2D eigenvalue weighted by molar-refractivity contribution is -0.107. The highest BCUT2D eigenvalue weighted by molar-refractivity contribution is 5.86. The quantitative estimate of drug-likeness (QED) is 0.495. The first-order chi connectivity index (χ1) is 16.3. The van der Waals surface area contributed by atoms with Crippen LogP contribution in [0, 0.1) is 18.6 Å².